The van der Waals surface area contributed by atoms with Crippen LogP contribution in [0.1, 0.15) is 28.6 Å². The van der Waals surface area contributed by atoms with Crippen LogP contribution >= 0.6 is 11.6 Å². The first kappa shape index (κ1) is 24.3. The third-order valence-corrected chi connectivity index (χ3v) is 7.51. The van der Waals surface area contributed by atoms with E-state index in [-0.39, 0.29) is 12.0 Å². The monoisotopic (exact) mass is 541 g/mol. The lowest BCUT2D eigenvalue weighted by atomic mass is 9.89. The third-order valence-electron chi connectivity index (χ3n) is 7.28. The Morgan fingerprint density at radius 3 is 2.52 bits per heavy atom. The summed E-state index contributed by atoms with van der Waals surface area (Å²) in [7, 11) is 0. The van der Waals surface area contributed by atoms with E-state index in [1.807, 2.05) is 79.7 Å². The molecular formula is C34H24ClN3O2. The standard InChI is InChI=1S/C34H24ClN3O2/c1-3-4-10-25-20(2)39-29-17-22(11-14-26(25)29)33-36-32(21-8-6-5-7-9-21)37-34(38-33)23-12-15-27-28-16-13-24(35)19-31(28)40-30(27)18-23/h3-19,27,30H,1H2,2H3/b10-4-. The second kappa shape index (κ2) is 9.78. The molecule has 194 valence electrons. The highest BCUT2D eigenvalue weighted by molar-refractivity contribution is 6.30. The fourth-order valence-electron chi connectivity index (χ4n) is 5.32. The van der Waals surface area contributed by atoms with Gasteiger partial charge in [0.15, 0.2) is 17.5 Å². The molecule has 2 aromatic heterocycles. The topological polar surface area (TPSA) is 61.0 Å². The Bertz CT molecular complexity index is 1880. The van der Waals surface area contributed by atoms with Crippen LogP contribution in [0.25, 0.3) is 45.4 Å². The third kappa shape index (κ3) is 4.25. The molecular weight excluding hydrogens is 518 g/mol. The summed E-state index contributed by atoms with van der Waals surface area (Å²) in [6.45, 7) is 5.73. The molecule has 2 aliphatic rings. The number of nitrogens with zero attached hydrogens (tertiary/aromatic N) is 3. The van der Waals surface area contributed by atoms with Gasteiger partial charge in [-0.2, -0.15) is 0 Å². The molecule has 2 atom stereocenters. The van der Waals surface area contributed by atoms with Gasteiger partial charge >= 0.3 is 0 Å². The van der Waals surface area contributed by atoms with E-state index in [9.17, 15) is 0 Å². The van der Waals surface area contributed by atoms with Crippen molar-refractivity contribution < 1.29 is 9.15 Å². The van der Waals surface area contributed by atoms with E-state index in [1.165, 1.54) is 0 Å². The van der Waals surface area contributed by atoms with Crippen molar-refractivity contribution in [2.75, 3.05) is 0 Å². The predicted octanol–water partition coefficient (Wildman–Crippen LogP) is 8.61. The van der Waals surface area contributed by atoms with Crippen molar-refractivity contribution in [3.05, 3.63) is 131 Å². The van der Waals surface area contributed by atoms with Gasteiger partial charge in [-0.05, 0) is 37.3 Å². The number of hydrogen-bond donors (Lipinski definition) is 0. The van der Waals surface area contributed by atoms with Gasteiger partial charge in [-0.1, -0.05) is 91.0 Å². The van der Waals surface area contributed by atoms with E-state index in [0.29, 0.717) is 22.5 Å². The molecule has 0 spiro atoms. The highest BCUT2D eigenvalue weighted by Crippen LogP contribution is 2.44. The summed E-state index contributed by atoms with van der Waals surface area (Å²) in [4.78, 5) is 14.7. The van der Waals surface area contributed by atoms with Crippen LogP contribution in [0.15, 0.2) is 108 Å². The SMILES string of the molecule is C=C/C=C\c1c(C)oc2cc(-c3nc(C4=CC5Oc6cc(Cl)ccc6C5C=C4)nc(-c4ccccc4)n3)ccc12. The van der Waals surface area contributed by atoms with Crippen LogP contribution in [0.2, 0.25) is 5.02 Å². The number of furan rings is 1. The second-order valence-electron chi connectivity index (χ2n) is 9.82. The number of aryl methyl sites for hydroxylation is 1. The van der Waals surface area contributed by atoms with Crippen molar-refractivity contribution in [3.8, 4) is 28.5 Å². The van der Waals surface area contributed by atoms with Crippen LogP contribution in [-0.4, -0.2) is 21.1 Å². The predicted molar refractivity (Wildman–Crippen MR) is 160 cm³/mol. The summed E-state index contributed by atoms with van der Waals surface area (Å²) in [6, 6.07) is 21.8. The van der Waals surface area contributed by atoms with Crippen molar-refractivity contribution in [2.24, 2.45) is 0 Å². The first-order valence-electron chi connectivity index (χ1n) is 13.1. The number of hydrogen-bond acceptors (Lipinski definition) is 5. The molecule has 3 heterocycles. The van der Waals surface area contributed by atoms with Crippen LogP contribution in [0.4, 0.5) is 0 Å². The molecule has 0 fully saturated rings. The first-order chi connectivity index (χ1) is 19.6. The molecule has 7 rings (SSSR count). The Hall–Kier alpha value is -4.74. The van der Waals surface area contributed by atoms with Crippen LogP contribution < -0.4 is 4.74 Å². The smallest absolute Gasteiger partial charge is 0.164 e. The van der Waals surface area contributed by atoms with E-state index >= 15 is 0 Å². The molecule has 1 aliphatic heterocycles. The molecule has 0 saturated heterocycles. The highest BCUT2D eigenvalue weighted by Gasteiger charge is 2.34. The zero-order valence-electron chi connectivity index (χ0n) is 21.7. The van der Waals surface area contributed by atoms with E-state index < -0.39 is 0 Å². The molecule has 3 aromatic carbocycles. The molecule has 1 aliphatic carbocycles. The Balaban J connectivity index is 1.32. The maximum atomic E-state index is 6.26. The van der Waals surface area contributed by atoms with Gasteiger partial charge in [0.05, 0.1) is 0 Å². The normalized spacial score (nSPS) is 17.5. The maximum Gasteiger partial charge on any atom is 0.164 e. The summed E-state index contributed by atoms with van der Waals surface area (Å²) in [5, 5.41) is 1.69. The van der Waals surface area contributed by atoms with Gasteiger partial charge in [0.1, 0.15) is 23.2 Å². The lowest BCUT2D eigenvalue weighted by Crippen LogP contribution is -2.18. The molecule has 5 nitrogen and oxygen atoms in total. The van der Waals surface area contributed by atoms with Gasteiger partial charge in [-0.3, -0.25) is 0 Å². The number of fused-ring (bicyclic) bond motifs is 4. The van der Waals surface area contributed by atoms with E-state index in [2.05, 4.69) is 30.9 Å². The van der Waals surface area contributed by atoms with E-state index in [1.54, 1.807) is 6.08 Å². The Kier molecular flexibility index (Phi) is 5.94. The molecule has 0 bridgehead atoms. The van der Waals surface area contributed by atoms with Gasteiger partial charge in [0.2, 0.25) is 0 Å². The minimum atomic E-state index is -0.154. The fraction of sp³-hybridized carbons (Fsp3) is 0.0882. The number of benzene rings is 3. The molecule has 5 aromatic rings. The zero-order valence-corrected chi connectivity index (χ0v) is 22.5. The Labute approximate surface area is 236 Å². The molecule has 40 heavy (non-hydrogen) atoms. The van der Waals surface area contributed by atoms with Crippen molar-refractivity contribution in [1.82, 2.24) is 15.0 Å². The minimum Gasteiger partial charge on any atom is -0.485 e. The number of ether oxygens (including phenoxy) is 1. The molecule has 0 amide bonds. The van der Waals surface area contributed by atoms with Gasteiger partial charge < -0.3 is 9.15 Å². The Morgan fingerprint density at radius 2 is 1.70 bits per heavy atom. The van der Waals surface area contributed by atoms with Crippen molar-refractivity contribution in [1.29, 1.82) is 0 Å². The van der Waals surface area contributed by atoms with Crippen LogP contribution in [-0.2, 0) is 0 Å². The fourth-order valence-corrected chi connectivity index (χ4v) is 5.48. The maximum absolute atomic E-state index is 6.26. The van der Waals surface area contributed by atoms with Crippen molar-refractivity contribution in [2.45, 2.75) is 18.9 Å². The molecule has 0 radical (unpaired) electrons. The van der Waals surface area contributed by atoms with Gasteiger partial charge in [-0.25, -0.2) is 15.0 Å². The minimum absolute atomic E-state index is 0.125. The number of allylic oxidation sites excluding steroid dienone is 4. The van der Waals surface area contributed by atoms with Crippen LogP contribution in [0.5, 0.6) is 5.75 Å². The van der Waals surface area contributed by atoms with Gasteiger partial charge in [0, 0.05) is 44.2 Å². The summed E-state index contributed by atoms with van der Waals surface area (Å²) in [5.41, 5.74) is 5.58. The number of aromatic nitrogens is 3. The molecule has 0 N–H and O–H groups in total. The average molecular weight is 542 g/mol. The summed E-state index contributed by atoms with van der Waals surface area (Å²) in [6.07, 6.45) is 11.8. The highest BCUT2D eigenvalue weighted by atomic mass is 35.5. The van der Waals surface area contributed by atoms with Crippen LogP contribution in [0.3, 0.4) is 0 Å². The number of rotatable bonds is 5. The first-order valence-corrected chi connectivity index (χ1v) is 13.5. The van der Waals surface area contributed by atoms with Gasteiger partial charge in [0.25, 0.3) is 0 Å². The second-order valence-corrected chi connectivity index (χ2v) is 10.3. The van der Waals surface area contributed by atoms with E-state index in [4.69, 9.17) is 35.7 Å². The molecule has 6 heteroatoms. The van der Waals surface area contributed by atoms with Crippen molar-refractivity contribution in [3.63, 3.8) is 0 Å². The van der Waals surface area contributed by atoms with Crippen LogP contribution in [0, 0.1) is 6.92 Å². The average Bonchev–Trinajstić information content (AvgIpc) is 3.50. The molecule has 2 unspecified atom stereocenters. The summed E-state index contributed by atoms with van der Waals surface area (Å²) < 4.78 is 12.4. The summed E-state index contributed by atoms with van der Waals surface area (Å²) in [5.74, 6) is 3.54. The lowest BCUT2D eigenvalue weighted by molar-refractivity contribution is 0.269. The summed E-state index contributed by atoms with van der Waals surface area (Å²) >= 11 is 6.21. The van der Waals surface area contributed by atoms with Gasteiger partial charge in [-0.15, -0.1) is 0 Å². The molecule has 0 saturated carbocycles. The van der Waals surface area contributed by atoms with E-state index in [0.717, 1.165) is 50.3 Å². The zero-order chi connectivity index (χ0) is 27.2. The Morgan fingerprint density at radius 1 is 0.900 bits per heavy atom. The number of halogens is 1. The largest absolute Gasteiger partial charge is 0.485 e. The quantitative estimate of drug-likeness (QED) is 0.208. The van der Waals surface area contributed by atoms with Crippen molar-refractivity contribution >= 4 is 34.2 Å². The lowest BCUT2D eigenvalue weighted by Gasteiger charge is -2.18.